The monoisotopic (exact) mass is 366 g/mol. The van der Waals surface area contributed by atoms with Gasteiger partial charge in [0.05, 0.1) is 6.20 Å². The van der Waals surface area contributed by atoms with Crippen molar-refractivity contribution < 1.29 is 9.53 Å². The lowest BCUT2D eigenvalue weighted by atomic mass is 10.3. The van der Waals surface area contributed by atoms with Gasteiger partial charge >= 0.3 is 0 Å². The van der Waals surface area contributed by atoms with Crippen LogP contribution in [-0.2, 0) is 4.79 Å². The molecule has 5 heteroatoms. The largest absolute Gasteiger partial charge is 0.455 e. The Morgan fingerprint density at radius 3 is 3.00 bits per heavy atom. The van der Waals surface area contributed by atoms with Gasteiger partial charge in [-0.1, -0.05) is 12.6 Å². The van der Waals surface area contributed by atoms with E-state index in [2.05, 4.69) is 39.5 Å². The molecule has 1 aromatic carbocycles. The molecule has 96 valence electrons. The number of halogens is 1. The van der Waals surface area contributed by atoms with Crippen LogP contribution >= 0.6 is 22.6 Å². The molecule has 1 aromatic heterocycles. The summed E-state index contributed by atoms with van der Waals surface area (Å²) in [6.45, 7) is 3.41. The SMILES string of the molecule is C=CC(=O)Nc1cnccc1Oc1cccc(I)c1. The fourth-order valence-electron chi connectivity index (χ4n) is 1.41. The summed E-state index contributed by atoms with van der Waals surface area (Å²) in [6.07, 6.45) is 4.33. The average Bonchev–Trinajstić information content (AvgIpc) is 2.41. The summed E-state index contributed by atoms with van der Waals surface area (Å²) in [5, 5.41) is 2.65. The van der Waals surface area contributed by atoms with Crippen molar-refractivity contribution >= 4 is 34.2 Å². The molecule has 1 heterocycles. The van der Waals surface area contributed by atoms with E-state index < -0.39 is 0 Å². The van der Waals surface area contributed by atoms with E-state index >= 15 is 0 Å². The number of carbonyl (C=O) groups is 1. The number of hydrogen-bond donors (Lipinski definition) is 1. The third-order valence-corrected chi connectivity index (χ3v) is 2.92. The van der Waals surface area contributed by atoms with Crippen LogP contribution in [0.25, 0.3) is 0 Å². The zero-order valence-corrected chi connectivity index (χ0v) is 12.1. The van der Waals surface area contributed by atoms with Crippen molar-refractivity contribution in [1.82, 2.24) is 4.98 Å². The van der Waals surface area contributed by atoms with Crippen molar-refractivity contribution in [1.29, 1.82) is 0 Å². The molecule has 19 heavy (non-hydrogen) atoms. The van der Waals surface area contributed by atoms with E-state index in [9.17, 15) is 4.79 Å². The van der Waals surface area contributed by atoms with Gasteiger partial charge in [0.2, 0.25) is 5.91 Å². The summed E-state index contributed by atoms with van der Waals surface area (Å²) in [7, 11) is 0. The lowest BCUT2D eigenvalue weighted by molar-refractivity contribution is -0.111. The van der Waals surface area contributed by atoms with Crippen molar-refractivity contribution in [2.75, 3.05) is 5.32 Å². The number of ether oxygens (including phenoxy) is 1. The number of rotatable bonds is 4. The Morgan fingerprint density at radius 1 is 1.42 bits per heavy atom. The van der Waals surface area contributed by atoms with E-state index in [0.717, 1.165) is 3.57 Å². The Kier molecular flexibility index (Phi) is 4.51. The number of aromatic nitrogens is 1. The fourth-order valence-corrected chi connectivity index (χ4v) is 1.92. The first-order valence-electron chi connectivity index (χ1n) is 5.50. The van der Waals surface area contributed by atoms with Crippen molar-refractivity contribution in [2.24, 2.45) is 0 Å². The third kappa shape index (κ3) is 3.78. The Hall–Kier alpha value is -1.89. The van der Waals surface area contributed by atoms with E-state index in [1.54, 1.807) is 12.3 Å². The first kappa shape index (κ1) is 13.5. The number of anilines is 1. The van der Waals surface area contributed by atoms with Gasteiger partial charge < -0.3 is 10.1 Å². The second kappa shape index (κ2) is 6.33. The second-order valence-corrected chi connectivity index (χ2v) is 4.87. The van der Waals surface area contributed by atoms with E-state index in [-0.39, 0.29) is 5.91 Å². The number of hydrogen-bond acceptors (Lipinski definition) is 3. The van der Waals surface area contributed by atoms with Gasteiger partial charge in [0, 0.05) is 15.8 Å². The maximum atomic E-state index is 11.3. The molecular formula is C14H11IN2O2. The average molecular weight is 366 g/mol. The third-order valence-electron chi connectivity index (χ3n) is 2.25. The van der Waals surface area contributed by atoms with Crippen LogP contribution in [0.5, 0.6) is 11.5 Å². The van der Waals surface area contributed by atoms with Crippen LogP contribution < -0.4 is 10.1 Å². The molecule has 0 spiro atoms. The number of pyridine rings is 1. The van der Waals surface area contributed by atoms with Gasteiger partial charge in [0.15, 0.2) is 5.75 Å². The molecule has 0 aliphatic rings. The summed E-state index contributed by atoms with van der Waals surface area (Å²) >= 11 is 2.21. The van der Waals surface area contributed by atoms with Crippen LogP contribution in [0.3, 0.4) is 0 Å². The number of benzene rings is 1. The molecule has 0 radical (unpaired) electrons. The van der Waals surface area contributed by atoms with Gasteiger partial charge in [-0.05, 0) is 46.9 Å². The van der Waals surface area contributed by atoms with Crippen molar-refractivity contribution in [3.05, 3.63) is 59.0 Å². The lowest BCUT2D eigenvalue weighted by Crippen LogP contribution is -2.08. The van der Waals surface area contributed by atoms with E-state index in [0.29, 0.717) is 17.2 Å². The van der Waals surface area contributed by atoms with E-state index in [1.807, 2.05) is 24.3 Å². The minimum absolute atomic E-state index is 0.305. The molecule has 2 aromatic rings. The van der Waals surface area contributed by atoms with Crippen molar-refractivity contribution in [2.45, 2.75) is 0 Å². The molecule has 0 atom stereocenters. The molecule has 1 amide bonds. The maximum Gasteiger partial charge on any atom is 0.247 e. The molecule has 0 aliphatic heterocycles. The smallest absolute Gasteiger partial charge is 0.247 e. The lowest BCUT2D eigenvalue weighted by Gasteiger charge is -2.10. The minimum Gasteiger partial charge on any atom is -0.455 e. The van der Waals surface area contributed by atoms with Gasteiger partial charge in [-0.3, -0.25) is 9.78 Å². The van der Waals surface area contributed by atoms with Gasteiger partial charge in [0.1, 0.15) is 11.4 Å². The molecule has 0 unspecified atom stereocenters. The number of carbonyl (C=O) groups excluding carboxylic acids is 1. The summed E-state index contributed by atoms with van der Waals surface area (Å²) in [6, 6.07) is 9.32. The second-order valence-electron chi connectivity index (χ2n) is 3.62. The molecular weight excluding hydrogens is 355 g/mol. The summed E-state index contributed by atoms with van der Waals surface area (Å²) in [5.74, 6) is 0.930. The van der Waals surface area contributed by atoms with Gasteiger partial charge in [-0.2, -0.15) is 0 Å². The molecule has 0 fully saturated rings. The zero-order valence-electron chi connectivity index (χ0n) is 9.97. The van der Waals surface area contributed by atoms with Crippen LogP contribution in [0.2, 0.25) is 0 Å². The number of nitrogens with one attached hydrogen (secondary N) is 1. The van der Waals surface area contributed by atoms with Crippen LogP contribution in [-0.4, -0.2) is 10.9 Å². The van der Waals surface area contributed by atoms with Gasteiger partial charge in [-0.15, -0.1) is 0 Å². The molecule has 0 saturated carbocycles. The molecule has 4 nitrogen and oxygen atoms in total. The highest BCUT2D eigenvalue weighted by Gasteiger charge is 2.07. The van der Waals surface area contributed by atoms with Crippen LogP contribution in [0.4, 0.5) is 5.69 Å². The minimum atomic E-state index is -0.305. The molecule has 2 rings (SSSR count). The van der Waals surface area contributed by atoms with Crippen LogP contribution in [0, 0.1) is 3.57 Å². The zero-order chi connectivity index (χ0) is 13.7. The summed E-state index contributed by atoms with van der Waals surface area (Å²) in [4.78, 5) is 15.3. The van der Waals surface area contributed by atoms with Crippen molar-refractivity contribution in [3.63, 3.8) is 0 Å². The van der Waals surface area contributed by atoms with Crippen molar-refractivity contribution in [3.8, 4) is 11.5 Å². The summed E-state index contributed by atoms with van der Waals surface area (Å²) in [5.41, 5.74) is 0.506. The van der Waals surface area contributed by atoms with Gasteiger partial charge in [0.25, 0.3) is 0 Å². The number of amides is 1. The first-order valence-corrected chi connectivity index (χ1v) is 6.58. The highest BCUT2D eigenvalue weighted by molar-refractivity contribution is 14.1. The predicted octanol–water partition coefficient (Wildman–Crippen LogP) is 3.60. The molecule has 0 aliphatic carbocycles. The summed E-state index contributed by atoms with van der Waals surface area (Å²) < 4.78 is 6.81. The Labute approximate surface area is 124 Å². The molecule has 0 bridgehead atoms. The molecule has 0 saturated heterocycles. The number of nitrogens with zero attached hydrogens (tertiary/aromatic N) is 1. The standard InChI is InChI=1S/C14H11IN2O2/c1-2-14(18)17-12-9-16-7-6-13(12)19-11-5-3-4-10(15)8-11/h2-9H,1H2,(H,17,18). The van der Waals surface area contributed by atoms with E-state index in [4.69, 9.17) is 4.74 Å². The van der Waals surface area contributed by atoms with Crippen LogP contribution in [0.1, 0.15) is 0 Å². The Bertz CT molecular complexity index is 614. The van der Waals surface area contributed by atoms with E-state index in [1.165, 1.54) is 12.3 Å². The Morgan fingerprint density at radius 2 is 2.26 bits per heavy atom. The molecule has 1 N–H and O–H groups in total. The Balaban J connectivity index is 2.25. The maximum absolute atomic E-state index is 11.3. The van der Waals surface area contributed by atoms with Gasteiger partial charge in [-0.25, -0.2) is 0 Å². The predicted molar refractivity (Wildman–Crippen MR) is 82.3 cm³/mol. The fraction of sp³-hybridized carbons (Fsp3) is 0. The highest BCUT2D eigenvalue weighted by Crippen LogP contribution is 2.29. The van der Waals surface area contributed by atoms with Crippen LogP contribution in [0.15, 0.2) is 55.4 Å². The quantitative estimate of drug-likeness (QED) is 0.665. The first-order chi connectivity index (χ1) is 9.19. The normalized spacial score (nSPS) is 9.74. The highest BCUT2D eigenvalue weighted by atomic mass is 127. The topological polar surface area (TPSA) is 51.2 Å².